The van der Waals surface area contributed by atoms with Crippen LogP contribution in [0.1, 0.15) is 18.4 Å². The van der Waals surface area contributed by atoms with Crippen LogP contribution in [0.15, 0.2) is 11.2 Å². The fourth-order valence-electron chi connectivity index (χ4n) is 1.70. The first-order chi connectivity index (χ1) is 8.59. The number of rotatable bonds is 6. The fraction of sp³-hybridized carbons (Fsp3) is 0.545. The molecule has 1 aliphatic rings. The van der Waals surface area contributed by atoms with Gasteiger partial charge < -0.3 is 5.11 Å². The van der Waals surface area contributed by atoms with Gasteiger partial charge in [-0.15, -0.1) is 6.42 Å². The lowest BCUT2D eigenvalue weighted by molar-refractivity contribution is 0.278. The van der Waals surface area contributed by atoms with Gasteiger partial charge in [-0.1, -0.05) is 5.92 Å². The fourth-order valence-corrected chi connectivity index (χ4v) is 3.23. The third-order valence-electron chi connectivity index (χ3n) is 2.87. The van der Waals surface area contributed by atoms with Crippen molar-refractivity contribution in [2.45, 2.75) is 24.5 Å². The summed E-state index contributed by atoms with van der Waals surface area (Å²) < 4.78 is 26.0. The van der Waals surface area contributed by atoms with Crippen LogP contribution in [0.3, 0.4) is 0 Å². The van der Waals surface area contributed by atoms with Crippen LogP contribution in [0.5, 0.6) is 0 Å². The summed E-state index contributed by atoms with van der Waals surface area (Å²) in [6.07, 6.45) is 8.59. The van der Waals surface area contributed by atoms with Crippen molar-refractivity contribution in [1.29, 1.82) is 0 Å². The molecule has 18 heavy (non-hydrogen) atoms. The van der Waals surface area contributed by atoms with Gasteiger partial charge in [-0.05, 0) is 18.8 Å². The first kappa shape index (κ1) is 13.1. The summed E-state index contributed by atoms with van der Waals surface area (Å²) in [4.78, 5) is 0. The summed E-state index contributed by atoms with van der Waals surface area (Å²) in [5.74, 6) is 2.75. The number of sulfonamides is 1. The van der Waals surface area contributed by atoms with E-state index < -0.39 is 10.0 Å². The van der Waals surface area contributed by atoms with Crippen LogP contribution in [0.2, 0.25) is 0 Å². The third-order valence-corrected chi connectivity index (χ3v) is 4.70. The highest BCUT2D eigenvalue weighted by molar-refractivity contribution is 7.89. The molecule has 1 fully saturated rings. The molecule has 0 bridgehead atoms. The van der Waals surface area contributed by atoms with Gasteiger partial charge in [0, 0.05) is 12.1 Å². The van der Waals surface area contributed by atoms with Gasteiger partial charge in [0.25, 0.3) is 10.0 Å². The second-order valence-electron chi connectivity index (χ2n) is 4.33. The van der Waals surface area contributed by atoms with E-state index >= 15 is 0 Å². The van der Waals surface area contributed by atoms with E-state index in [-0.39, 0.29) is 23.7 Å². The Balaban J connectivity index is 2.29. The Morgan fingerprint density at radius 1 is 1.61 bits per heavy atom. The summed E-state index contributed by atoms with van der Waals surface area (Å²) in [7, 11) is -3.70. The van der Waals surface area contributed by atoms with Crippen LogP contribution in [0, 0.1) is 18.3 Å². The van der Waals surface area contributed by atoms with E-state index in [1.807, 2.05) is 0 Å². The predicted molar refractivity (Wildman–Crippen MR) is 64.8 cm³/mol. The highest BCUT2D eigenvalue weighted by atomic mass is 32.2. The molecule has 0 spiro atoms. The number of aromatic amines is 1. The second-order valence-corrected chi connectivity index (χ2v) is 6.20. The largest absolute Gasteiger partial charge is 0.392 e. The zero-order valence-corrected chi connectivity index (χ0v) is 10.7. The second kappa shape index (κ2) is 5.10. The molecular formula is C11H15N3O3S. The first-order valence-corrected chi connectivity index (χ1v) is 7.10. The van der Waals surface area contributed by atoms with Crippen molar-refractivity contribution in [3.05, 3.63) is 11.8 Å². The molecule has 1 heterocycles. The maximum absolute atomic E-state index is 12.4. The van der Waals surface area contributed by atoms with Crippen LogP contribution in [0.25, 0.3) is 0 Å². The lowest BCUT2D eigenvalue weighted by atomic mass is 10.4. The molecule has 2 rings (SSSR count). The number of terminal acetylenes is 1. The maximum atomic E-state index is 12.4. The minimum atomic E-state index is -3.70. The van der Waals surface area contributed by atoms with Crippen LogP contribution < -0.4 is 0 Å². The van der Waals surface area contributed by atoms with Crippen molar-refractivity contribution in [3.63, 3.8) is 0 Å². The number of hydrogen-bond donors (Lipinski definition) is 2. The molecule has 0 saturated heterocycles. The van der Waals surface area contributed by atoms with E-state index in [1.54, 1.807) is 0 Å². The average Bonchev–Trinajstić information content (AvgIpc) is 3.02. The molecule has 0 aliphatic heterocycles. The quantitative estimate of drug-likeness (QED) is 0.708. The van der Waals surface area contributed by atoms with Crippen molar-refractivity contribution in [2.24, 2.45) is 5.92 Å². The number of nitrogens with one attached hydrogen (secondary N) is 1. The molecule has 0 aromatic carbocycles. The van der Waals surface area contributed by atoms with Crippen molar-refractivity contribution in [2.75, 3.05) is 13.1 Å². The third kappa shape index (κ3) is 2.56. The van der Waals surface area contributed by atoms with Gasteiger partial charge in [0.1, 0.15) is 0 Å². The van der Waals surface area contributed by atoms with Gasteiger partial charge in [0.15, 0.2) is 5.03 Å². The van der Waals surface area contributed by atoms with Crippen LogP contribution >= 0.6 is 0 Å². The number of H-pyrrole nitrogens is 1. The smallest absolute Gasteiger partial charge is 0.261 e. The van der Waals surface area contributed by atoms with Gasteiger partial charge in [0.05, 0.1) is 19.3 Å². The molecule has 7 heteroatoms. The summed E-state index contributed by atoms with van der Waals surface area (Å²) in [6, 6.07) is 0. The molecule has 2 N–H and O–H groups in total. The van der Waals surface area contributed by atoms with Crippen molar-refractivity contribution in [1.82, 2.24) is 14.5 Å². The Hall–Kier alpha value is -1.36. The van der Waals surface area contributed by atoms with Crippen molar-refractivity contribution < 1.29 is 13.5 Å². The molecule has 1 aliphatic carbocycles. The van der Waals surface area contributed by atoms with Gasteiger partial charge >= 0.3 is 0 Å². The Bertz CT molecular complexity index is 554. The van der Waals surface area contributed by atoms with E-state index in [2.05, 4.69) is 16.1 Å². The Morgan fingerprint density at radius 3 is 2.89 bits per heavy atom. The van der Waals surface area contributed by atoms with Crippen molar-refractivity contribution in [3.8, 4) is 12.3 Å². The number of aliphatic hydroxyl groups is 1. The Morgan fingerprint density at radius 2 is 2.33 bits per heavy atom. The maximum Gasteiger partial charge on any atom is 0.261 e. The minimum absolute atomic E-state index is 0.0305. The molecule has 0 amide bonds. The van der Waals surface area contributed by atoms with Gasteiger partial charge in [-0.3, -0.25) is 5.10 Å². The van der Waals surface area contributed by atoms with Crippen molar-refractivity contribution >= 4 is 10.0 Å². The van der Waals surface area contributed by atoms with E-state index in [1.165, 1.54) is 10.5 Å². The number of aliphatic hydroxyl groups excluding tert-OH is 1. The highest BCUT2D eigenvalue weighted by Crippen LogP contribution is 2.31. The van der Waals surface area contributed by atoms with Gasteiger partial charge in [0.2, 0.25) is 0 Å². The standard InChI is InChI=1S/C11H15N3O3S/c1-2-5-14(7-9-3-4-9)18(16,17)11-10(8-15)6-12-13-11/h1,6,9,15H,3-5,7-8H2,(H,12,13). The molecule has 0 radical (unpaired) electrons. The Labute approximate surface area is 106 Å². The lowest BCUT2D eigenvalue weighted by Crippen LogP contribution is -2.34. The Kier molecular flexibility index (Phi) is 3.71. The summed E-state index contributed by atoms with van der Waals surface area (Å²) in [6.45, 7) is 0.0809. The molecule has 0 unspecified atom stereocenters. The minimum Gasteiger partial charge on any atom is -0.392 e. The average molecular weight is 269 g/mol. The molecule has 1 aromatic rings. The molecular weight excluding hydrogens is 254 g/mol. The van der Waals surface area contributed by atoms with Crippen LogP contribution in [0.4, 0.5) is 0 Å². The van der Waals surface area contributed by atoms with Crippen LogP contribution in [-0.4, -0.2) is 41.1 Å². The molecule has 1 aromatic heterocycles. The SMILES string of the molecule is C#CCN(CC1CC1)S(=O)(=O)c1[nH]ncc1CO. The zero-order valence-electron chi connectivity index (χ0n) is 9.83. The molecule has 6 nitrogen and oxygen atoms in total. The first-order valence-electron chi connectivity index (χ1n) is 5.66. The van der Waals surface area contributed by atoms with Crippen LogP contribution in [-0.2, 0) is 16.6 Å². The summed E-state index contributed by atoms with van der Waals surface area (Å²) in [5, 5.41) is 15.1. The van der Waals surface area contributed by atoms with Gasteiger partial charge in [-0.2, -0.15) is 9.40 Å². The normalized spacial score (nSPS) is 15.8. The molecule has 98 valence electrons. The molecule has 0 atom stereocenters. The van der Waals surface area contributed by atoms with E-state index in [4.69, 9.17) is 11.5 Å². The molecule has 1 saturated carbocycles. The predicted octanol–water partition coefficient (Wildman–Crippen LogP) is -0.0641. The summed E-state index contributed by atoms with van der Waals surface area (Å²) >= 11 is 0. The van der Waals surface area contributed by atoms with Gasteiger partial charge in [-0.25, -0.2) is 8.42 Å². The van der Waals surface area contributed by atoms with E-state index in [0.29, 0.717) is 12.5 Å². The number of aromatic nitrogens is 2. The number of nitrogens with zero attached hydrogens (tertiary/aromatic N) is 2. The monoisotopic (exact) mass is 269 g/mol. The van der Waals surface area contributed by atoms with E-state index in [0.717, 1.165) is 12.8 Å². The van der Waals surface area contributed by atoms with E-state index in [9.17, 15) is 8.42 Å². The summed E-state index contributed by atoms with van der Waals surface area (Å²) in [5.41, 5.74) is 0.257. The topological polar surface area (TPSA) is 86.3 Å². The highest BCUT2D eigenvalue weighted by Gasteiger charge is 2.33. The lowest BCUT2D eigenvalue weighted by Gasteiger charge is -2.19. The zero-order chi connectivity index (χ0) is 13.2. The number of hydrogen-bond acceptors (Lipinski definition) is 4.